The average Bonchev–Trinajstić information content (AvgIpc) is 3.22. The van der Waals surface area contributed by atoms with Gasteiger partial charge in [-0.05, 0) is 82.0 Å². The van der Waals surface area contributed by atoms with Crippen LogP contribution in [0.1, 0.15) is 79.7 Å². The maximum atomic E-state index is 13.3. The summed E-state index contributed by atoms with van der Waals surface area (Å²) in [4.78, 5) is 22.4. The largest absolute Gasteiger partial charge is 0.440 e. The summed E-state index contributed by atoms with van der Waals surface area (Å²) in [7, 11) is 0. The van der Waals surface area contributed by atoms with Crippen molar-refractivity contribution in [3.05, 3.63) is 88.2 Å². The number of fused-ring (bicyclic) bond motifs is 1. The van der Waals surface area contributed by atoms with Crippen LogP contribution in [0.5, 0.6) is 0 Å². The molecule has 190 valence electrons. The Morgan fingerprint density at radius 1 is 0.722 bits per heavy atom. The molecular weight excluding hydrogens is 446 g/mol. The minimum Gasteiger partial charge on any atom is -0.440 e. The van der Waals surface area contributed by atoms with E-state index in [1.54, 1.807) is 12.3 Å². The van der Waals surface area contributed by atoms with Crippen molar-refractivity contribution >= 4 is 17.3 Å². The molecule has 0 amide bonds. The van der Waals surface area contributed by atoms with Crippen LogP contribution in [0, 0.1) is 0 Å². The van der Waals surface area contributed by atoms with E-state index in [0.29, 0.717) is 5.56 Å². The lowest BCUT2D eigenvalue weighted by molar-refractivity contribution is 0.0246. The molecule has 1 aliphatic heterocycles. The number of ether oxygens (including phenoxy) is 1. The molecule has 1 aromatic heterocycles. The highest BCUT2D eigenvalue weighted by Crippen LogP contribution is 2.50. The zero-order chi connectivity index (χ0) is 25.9. The molecular formula is C31H39N3O2. The molecule has 5 heteroatoms. The smallest absolute Gasteiger partial charge is 0.340 e. The van der Waals surface area contributed by atoms with E-state index < -0.39 is 5.60 Å². The number of esters is 1. The first kappa shape index (κ1) is 25.7. The number of aromatic nitrogens is 1. The molecule has 0 atom stereocenters. The van der Waals surface area contributed by atoms with E-state index >= 15 is 0 Å². The third kappa shape index (κ3) is 4.15. The number of nitrogens with zero attached hydrogens (tertiary/aromatic N) is 3. The van der Waals surface area contributed by atoms with Gasteiger partial charge >= 0.3 is 5.97 Å². The number of carbonyl (C=O) groups excluding carboxylic acids is 1. The molecule has 0 radical (unpaired) electrons. The summed E-state index contributed by atoms with van der Waals surface area (Å²) < 4.78 is 6.48. The zero-order valence-electron chi connectivity index (χ0n) is 22.6. The van der Waals surface area contributed by atoms with Crippen molar-refractivity contribution in [2.75, 3.05) is 36.0 Å². The second-order valence-corrected chi connectivity index (χ2v) is 9.23. The van der Waals surface area contributed by atoms with Gasteiger partial charge in [-0.3, -0.25) is 4.98 Å². The van der Waals surface area contributed by atoms with Crippen LogP contribution in [0.15, 0.2) is 54.9 Å². The van der Waals surface area contributed by atoms with Crippen LogP contribution in [0.3, 0.4) is 0 Å². The maximum Gasteiger partial charge on any atom is 0.340 e. The summed E-state index contributed by atoms with van der Waals surface area (Å²) in [5.74, 6) is -0.294. The molecule has 2 heterocycles. The van der Waals surface area contributed by atoms with E-state index in [9.17, 15) is 4.79 Å². The van der Waals surface area contributed by atoms with Crippen molar-refractivity contribution in [1.29, 1.82) is 0 Å². The van der Waals surface area contributed by atoms with Gasteiger partial charge in [0.15, 0.2) is 5.60 Å². The van der Waals surface area contributed by atoms with Crippen molar-refractivity contribution < 1.29 is 9.53 Å². The molecule has 0 aliphatic carbocycles. The van der Waals surface area contributed by atoms with Gasteiger partial charge in [0.25, 0.3) is 0 Å². The van der Waals surface area contributed by atoms with Crippen molar-refractivity contribution in [3.8, 4) is 0 Å². The second kappa shape index (κ2) is 10.7. The highest BCUT2D eigenvalue weighted by molar-refractivity contribution is 5.96. The van der Waals surface area contributed by atoms with Gasteiger partial charge in [-0.2, -0.15) is 0 Å². The monoisotopic (exact) mass is 485 g/mol. The van der Waals surface area contributed by atoms with Crippen LogP contribution in [-0.4, -0.2) is 37.1 Å². The van der Waals surface area contributed by atoms with Crippen LogP contribution in [0.2, 0.25) is 0 Å². The van der Waals surface area contributed by atoms with E-state index in [1.165, 1.54) is 22.5 Å². The third-order valence-corrected chi connectivity index (χ3v) is 7.62. The molecule has 36 heavy (non-hydrogen) atoms. The summed E-state index contributed by atoms with van der Waals surface area (Å²) in [5, 5.41) is 0. The minimum absolute atomic E-state index is 0.294. The van der Waals surface area contributed by atoms with E-state index in [1.807, 2.05) is 6.20 Å². The Morgan fingerprint density at radius 3 is 1.67 bits per heavy atom. The number of cyclic esters (lactones) is 1. The topological polar surface area (TPSA) is 45.7 Å². The van der Waals surface area contributed by atoms with E-state index in [0.717, 1.165) is 55.7 Å². The summed E-state index contributed by atoms with van der Waals surface area (Å²) in [5.41, 5.74) is 7.18. The third-order valence-electron chi connectivity index (χ3n) is 7.62. The van der Waals surface area contributed by atoms with Gasteiger partial charge in [0.2, 0.25) is 0 Å². The molecule has 0 fully saturated rings. The molecule has 5 nitrogen and oxygen atoms in total. The van der Waals surface area contributed by atoms with Crippen LogP contribution in [-0.2, 0) is 23.2 Å². The molecule has 2 aromatic carbocycles. The molecule has 0 saturated carbocycles. The molecule has 0 spiro atoms. The fourth-order valence-electron chi connectivity index (χ4n) is 5.65. The lowest BCUT2D eigenvalue weighted by Crippen LogP contribution is -2.33. The summed E-state index contributed by atoms with van der Waals surface area (Å²) in [6.07, 6.45) is 5.15. The number of carbonyl (C=O) groups is 1. The Hall–Kier alpha value is -3.34. The lowest BCUT2D eigenvalue weighted by atomic mass is 9.76. The van der Waals surface area contributed by atoms with E-state index in [-0.39, 0.29) is 5.97 Å². The fourth-order valence-corrected chi connectivity index (χ4v) is 5.65. The average molecular weight is 486 g/mol. The first-order chi connectivity index (χ1) is 17.5. The summed E-state index contributed by atoms with van der Waals surface area (Å²) >= 11 is 0. The second-order valence-electron chi connectivity index (χ2n) is 9.23. The Kier molecular flexibility index (Phi) is 7.67. The van der Waals surface area contributed by atoms with Crippen LogP contribution >= 0.6 is 0 Å². The van der Waals surface area contributed by atoms with Crippen LogP contribution < -0.4 is 9.80 Å². The quantitative estimate of drug-likeness (QED) is 0.313. The minimum atomic E-state index is -1.03. The predicted molar refractivity (Wildman–Crippen MR) is 148 cm³/mol. The van der Waals surface area contributed by atoms with Gasteiger partial charge in [0.05, 0.1) is 5.56 Å². The number of hydrogen-bond acceptors (Lipinski definition) is 5. The van der Waals surface area contributed by atoms with Gasteiger partial charge < -0.3 is 14.5 Å². The number of aryl methyl sites for hydroxylation is 2. The number of anilines is 2. The number of pyridine rings is 1. The van der Waals surface area contributed by atoms with Gasteiger partial charge in [0, 0.05) is 66.6 Å². The fraction of sp³-hybridized carbons (Fsp3) is 0.419. The van der Waals surface area contributed by atoms with Crippen molar-refractivity contribution in [2.24, 2.45) is 0 Å². The Morgan fingerprint density at radius 2 is 1.22 bits per heavy atom. The Bertz CT molecular complexity index is 1160. The molecule has 3 aromatic rings. The van der Waals surface area contributed by atoms with Gasteiger partial charge in [-0.15, -0.1) is 0 Å². The van der Waals surface area contributed by atoms with Crippen molar-refractivity contribution in [3.63, 3.8) is 0 Å². The zero-order valence-corrected chi connectivity index (χ0v) is 22.6. The van der Waals surface area contributed by atoms with Gasteiger partial charge in [-0.25, -0.2) is 4.79 Å². The highest BCUT2D eigenvalue weighted by atomic mass is 16.6. The standard InChI is InChI=1S/C31H39N3O2/c1-7-22-19-24(33(9-3)10-4)13-15-27(22)31(29-21-32-18-17-26(29)30(35)36-31)28-16-14-25(20-23(28)8-2)34(11-5)12-6/h13-21H,7-12H2,1-6H3. The number of benzene rings is 2. The first-order valence-electron chi connectivity index (χ1n) is 13.4. The normalized spacial score (nSPS) is 13.9. The van der Waals surface area contributed by atoms with E-state index in [2.05, 4.69) is 92.7 Å². The predicted octanol–water partition coefficient (Wildman–Crippen LogP) is 6.36. The number of rotatable bonds is 10. The highest BCUT2D eigenvalue weighted by Gasteiger charge is 2.50. The lowest BCUT2D eigenvalue weighted by Gasteiger charge is -2.35. The van der Waals surface area contributed by atoms with E-state index in [4.69, 9.17) is 4.74 Å². The molecule has 0 unspecified atom stereocenters. The van der Waals surface area contributed by atoms with Gasteiger partial charge in [0.1, 0.15) is 0 Å². The van der Waals surface area contributed by atoms with Crippen LogP contribution in [0.4, 0.5) is 11.4 Å². The SMILES string of the molecule is CCc1cc(N(CC)CC)ccc1C1(c2ccc(N(CC)CC)cc2CC)OC(=O)c2ccncc21. The Labute approximate surface area is 216 Å². The summed E-state index contributed by atoms with van der Waals surface area (Å²) in [6.45, 7) is 16.8. The van der Waals surface area contributed by atoms with Crippen LogP contribution in [0.25, 0.3) is 0 Å². The Balaban J connectivity index is 2.02. The molecule has 0 bridgehead atoms. The molecule has 1 aliphatic rings. The van der Waals surface area contributed by atoms with Crippen molar-refractivity contribution in [2.45, 2.75) is 60.0 Å². The summed E-state index contributed by atoms with van der Waals surface area (Å²) in [6, 6.07) is 15.0. The number of hydrogen-bond donors (Lipinski definition) is 0. The maximum absolute atomic E-state index is 13.3. The molecule has 0 saturated heterocycles. The molecule has 0 N–H and O–H groups in total. The van der Waals surface area contributed by atoms with Gasteiger partial charge in [-0.1, -0.05) is 26.0 Å². The first-order valence-corrected chi connectivity index (χ1v) is 13.4. The molecule has 4 rings (SSSR count). The van der Waals surface area contributed by atoms with Crippen molar-refractivity contribution in [1.82, 2.24) is 4.98 Å².